The van der Waals surface area contributed by atoms with Crippen molar-refractivity contribution in [3.63, 3.8) is 0 Å². The lowest BCUT2D eigenvalue weighted by Crippen LogP contribution is -2.39. The molecule has 1 aromatic heterocycles. The number of rotatable bonds is 6. The Morgan fingerprint density at radius 3 is 2.67 bits per heavy atom. The molecule has 0 bridgehead atoms. The van der Waals surface area contributed by atoms with Crippen LogP contribution in [0.4, 0.5) is 15.9 Å². The van der Waals surface area contributed by atoms with Gasteiger partial charge in [0.25, 0.3) is 0 Å². The van der Waals surface area contributed by atoms with Crippen molar-refractivity contribution in [3.8, 4) is 0 Å². The van der Waals surface area contributed by atoms with Gasteiger partial charge in [0.1, 0.15) is 11.6 Å². The number of amides is 1. The Balaban J connectivity index is 1.75. The Morgan fingerprint density at radius 1 is 1.26 bits per heavy atom. The molecule has 2 heterocycles. The number of nitrogens with two attached hydrogens (primary N) is 1. The highest BCUT2D eigenvalue weighted by Crippen LogP contribution is 2.26. The number of nitrogens with one attached hydrogen (secondary N) is 1. The van der Waals surface area contributed by atoms with Gasteiger partial charge in [0.2, 0.25) is 5.91 Å². The van der Waals surface area contributed by atoms with E-state index in [0.717, 1.165) is 11.4 Å². The summed E-state index contributed by atoms with van der Waals surface area (Å²) in [4.78, 5) is 29.7. The summed E-state index contributed by atoms with van der Waals surface area (Å²) in [6, 6.07) is 8.33. The van der Waals surface area contributed by atoms with Crippen molar-refractivity contribution in [1.82, 2.24) is 4.98 Å². The lowest BCUT2D eigenvalue weighted by atomic mass is 9.96. The molecule has 1 amide bonds. The van der Waals surface area contributed by atoms with E-state index in [1.807, 2.05) is 12.1 Å². The number of carbonyl (C=O) groups excluding carboxylic acids is 2. The van der Waals surface area contributed by atoms with Crippen LogP contribution < -0.4 is 16.0 Å². The van der Waals surface area contributed by atoms with E-state index in [0.29, 0.717) is 38.2 Å². The van der Waals surface area contributed by atoms with Crippen molar-refractivity contribution >= 4 is 23.2 Å². The molecule has 1 fully saturated rings. The summed E-state index contributed by atoms with van der Waals surface area (Å²) in [7, 11) is 0. The van der Waals surface area contributed by atoms with Crippen LogP contribution in [0, 0.1) is 11.7 Å². The number of hydrogen-bond donors (Lipinski definition) is 2. The van der Waals surface area contributed by atoms with Crippen LogP contribution in [-0.2, 0) is 11.3 Å². The largest absolute Gasteiger partial charge is 0.380 e. The van der Waals surface area contributed by atoms with E-state index in [1.54, 1.807) is 18.3 Å². The van der Waals surface area contributed by atoms with Crippen molar-refractivity contribution in [2.24, 2.45) is 11.7 Å². The average molecular weight is 370 g/mol. The van der Waals surface area contributed by atoms with Gasteiger partial charge in [-0.3, -0.25) is 9.59 Å². The molecule has 6 nitrogen and oxygen atoms in total. The number of carbonyl (C=O) groups is 2. The van der Waals surface area contributed by atoms with E-state index in [4.69, 9.17) is 5.73 Å². The molecule has 0 unspecified atom stereocenters. The number of benzene rings is 1. The zero-order valence-electron chi connectivity index (χ0n) is 15.2. The zero-order valence-corrected chi connectivity index (χ0v) is 15.2. The van der Waals surface area contributed by atoms with E-state index in [1.165, 1.54) is 13.0 Å². The van der Waals surface area contributed by atoms with Gasteiger partial charge in [0.15, 0.2) is 5.78 Å². The Morgan fingerprint density at radius 2 is 2.00 bits per heavy atom. The standard InChI is InChI=1S/C20H23FN4O2/c1-13(26)18-16(21)5-2-6-17(18)24-12-15-4-3-9-23-20(15)25-10-7-14(8-11-25)19(22)27/h2-6,9,14,24H,7-8,10-12H2,1H3,(H2,22,27). The van der Waals surface area contributed by atoms with Crippen LogP contribution in [0.15, 0.2) is 36.5 Å². The molecule has 27 heavy (non-hydrogen) atoms. The number of primary amides is 1. The number of pyridine rings is 1. The molecule has 1 aliphatic heterocycles. The predicted molar refractivity (Wildman–Crippen MR) is 102 cm³/mol. The fourth-order valence-corrected chi connectivity index (χ4v) is 3.45. The predicted octanol–water partition coefficient (Wildman–Crippen LogP) is 2.74. The van der Waals surface area contributed by atoms with E-state index >= 15 is 0 Å². The normalized spacial score (nSPS) is 14.8. The third-order valence-corrected chi connectivity index (χ3v) is 4.90. The SMILES string of the molecule is CC(=O)c1c(F)cccc1NCc1cccnc1N1CCC(C(N)=O)CC1. The van der Waals surface area contributed by atoms with Crippen LogP contribution in [0.3, 0.4) is 0 Å². The Hall–Kier alpha value is -2.96. The number of ketones is 1. The number of piperidine rings is 1. The lowest BCUT2D eigenvalue weighted by Gasteiger charge is -2.32. The minimum atomic E-state index is -0.535. The highest BCUT2D eigenvalue weighted by Gasteiger charge is 2.25. The molecule has 142 valence electrons. The number of hydrogen-bond acceptors (Lipinski definition) is 5. The number of anilines is 2. The molecule has 1 saturated heterocycles. The molecular weight excluding hydrogens is 347 g/mol. The monoisotopic (exact) mass is 370 g/mol. The zero-order chi connectivity index (χ0) is 19.4. The van der Waals surface area contributed by atoms with Gasteiger partial charge in [-0.1, -0.05) is 12.1 Å². The van der Waals surface area contributed by atoms with Crippen LogP contribution in [0.25, 0.3) is 0 Å². The molecule has 7 heteroatoms. The Kier molecular flexibility index (Phi) is 5.69. The molecule has 1 aliphatic rings. The van der Waals surface area contributed by atoms with Gasteiger partial charge in [-0.15, -0.1) is 0 Å². The minimum Gasteiger partial charge on any atom is -0.380 e. The summed E-state index contributed by atoms with van der Waals surface area (Å²) in [5, 5.41) is 3.16. The maximum Gasteiger partial charge on any atom is 0.220 e. The van der Waals surface area contributed by atoms with Gasteiger partial charge in [0, 0.05) is 43.0 Å². The first-order valence-corrected chi connectivity index (χ1v) is 8.99. The molecule has 0 radical (unpaired) electrons. The Bertz CT molecular complexity index is 848. The van der Waals surface area contributed by atoms with Crippen molar-refractivity contribution in [2.75, 3.05) is 23.3 Å². The molecular formula is C20H23FN4O2. The molecule has 0 spiro atoms. The fraction of sp³-hybridized carbons (Fsp3) is 0.350. The molecule has 3 rings (SSSR count). The van der Waals surface area contributed by atoms with Gasteiger partial charge in [-0.05, 0) is 38.0 Å². The maximum atomic E-state index is 14.0. The van der Waals surface area contributed by atoms with Gasteiger partial charge in [-0.2, -0.15) is 0 Å². The number of Topliss-reactive ketones (excluding diaryl/α,β-unsaturated/α-hetero) is 1. The van der Waals surface area contributed by atoms with Crippen LogP contribution in [-0.4, -0.2) is 29.8 Å². The van der Waals surface area contributed by atoms with Crippen molar-refractivity contribution in [2.45, 2.75) is 26.3 Å². The second-order valence-electron chi connectivity index (χ2n) is 6.72. The van der Waals surface area contributed by atoms with Gasteiger partial charge >= 0.3 is 0 Å². The topological polar surface area (TPSA) is 88.3 Å². The summed E-state index contributed by atoms with van der Waals surface area (Å²) >= 11 is 0. The van der Waals surface area contributed by atoms with Crippen LogP contribution in [0.1, 0.15) is 35.7 Å². The molecule has 1 aromatic carbocycles. The molecule has 2 aromatic rings. The van der Waals surface area contributed by atoms with E-state index < -0.39 is 5.82 Å². The van der Waals surface area contributed by atoms with Crippen LogP contribution >= 0.6 is 0 Å². The minimum absolute atomic E-state index is 0.0604. The van der Waals surface area contributed by atoms with Crippen LogP contribution in [0.2, 0.25) is 0 Å². The number of nitrogens with zero attached hydrogens (tertiary/aromatic N) is 2. The first-order chi connectivity index (χ1) is 13.0. The van der Waals surface area contributed by atoms with E-state index in [9.17, 15) is 14.0 Å². The molecule has 0 atom stereocenters. The van der Waals surface area contributed by atoms with Crippen molar-refractivity contribution < 1.29 is 14.0 Å². The average Bonchev–Trinajstić information content (AvgIpc) is 2.66. The first-order valence-electron chi connectivity index (χ1n) is 8.99. The van der Waals surface area contributed by atoms with Gasteiger partial charge in [0.05, 0.1) is 5.56 Å². The molecule has 0 saturated carbocycles. The summed E-state index contributed by atoms with van der Waals surface area (Å²) in [5.41, 5.74) is 6.86. The van der Waals surface area contributed by atoms with Gasteiger partial charge in [-0.25, -0.2) is 9.37 Å². The molecule has 0 aliphatic carbocycles. The highest BCUT2D eigenvalue weighted by atomic mass is 19.1. The third-order valence-electron chi connectivity index (χ3n) is 4.90. The fourth-order valence-electron chi connectivity index (χ4n) is 3.45. The summed E-state index contributed by atoms with van der Waals surface area (Å²) < 4.78 is 14.0. The summed E-state index contributed by atoms with van der Waals surface area (Å²) in [6.45, 7) is 3.16. The van der Waals surface area contributed by atoms with E-state index in [-0.39, 0.29) is 23.2 Å². The Labute approximate surface area is 157 Å². The second kappa shape index (κ2) is 8.16. The van der Waals surface area contributed by atoms with Crippen molar-refractivity contribution in [1.29, 1.82) is 0 Å². The molecule has 3 N–H and O–H groups in total. The smallest absolute Gasteiger partial charge is 0.220 e. The number of aromatic nitrogens is 1. The summed E-state index contributed by atoms with van der Waals surface area (Å²) in [6.07, 6.45) is 3.14. The third kappa shape index (κ3) is 4.24. The van der Waals surface area contributed by atoms with E-state index in [2.05, 4.69) is 15.2 Å². The van der Waals surface area contributed by atoms with Gasteiger partial charge < -0.3 is 16.0 Å². The number of halogens is 1. The summed E-state index contributed by atoms with van der Waals surface area (Å²) in [5.74, 6) is -0.367. The van der Waals surface area contributed by atoms with Crippen molar-refractivity contribution in [3.05, 3.63) is 53.5 Å². The second-order valence-corrected chi connectivity index (χ2v) is 6.72. The maximum absolute atomic E-state index is 14.0. The quantitative estimate of drug-likeness (QED) is 0.764. The highest BCUT2D eigenvalue weighted by molar-refractivity contribution is 5.99. The van der Waals surface area contributed by atoms with Crippen LogP contribution in [0.5, 0.6) is 0 Å². The first kappa shape index (κ1) is 18.8. The lowest BCUT2D eigenvalue weighted by molar-refractivity contribution is -0.122.